The molecule has 2 amide bonds. The van der Waals surface area contributed by atoms with Gasteiger partial charge in [0.1, 0.15) is 0 Å². The number of aromatic nitrogens is 2. The number of carbonyl (C=O) groups excluding carboxylic acids is 2. The van der Waals surface area contributed by atoms with Gasteiger partial charge in [-0.15, -0.1) is 0 Å². The molecule has 33 heavy (non-hydrogen) atoms. The predicted octanol–water partition coefficient (Wildman–Crippen LogP) is 3.83. The highest BCUT2D eigenvalue weighted by Crippen LogP contribution is 2.15. The smallest absolute Gasteiger partial charge is 0.224 e. The van der Waals surface area contributed by atoms with Crippen molar-refractivity contribution in [3.63, 3.8) is 0 Å². The lowest BCUT2D eigenvalue weighted by molar-refractivity contribution is -0.120. The van der Waals surface area contributed by atoms with Crippen LogP contribution in [0.1, 0.15) is 25.0 Å². The predicted molar refractivity (Wildman–Crippen MR) is 131 cm³/mol. The number of hydrogen-bond acceptors (Lipinski definition) is 4. The molecule has 168 valence electrons. The first-order chi connectivity index (χ1) is 15.9. The number of amides is 2. The second kappa shape index (κ2) is 9.77. The summed E-state index contributed by atoms with van der Waals surface area (Å²) in [7, 11) is 0. The molecule has 0 bridgehead atoms. The number of para-hydroxylation sites is 2. The van der Waals surface area contributed by atoms with Crippen LogP contribution in [-0.2, 0) is 22.4 Å². The Bertz CT molecular complexity index is 1200. The molecule has 0 aliphatic heterocycles. The van der Waals surface area contributed by atoms with E-state index in [1.165, 1.54) is 0 Å². The second-order valence-corrected chi connectivity index (χ2v) is 9.14. The molecule has 4 rings (SSSR count). The molecule has 6 heteroatoms. The van der Waals surface area contributed by atoms with E-state index in [1.54, 1.807) is 12.4 Å². The van der Waals surface area contributed by atoms with Gasteiger partial charge >= 0.3 is 0 Å². The van der Waals surface area contributed by atoms with Crippen LogP contribution in [0.4, 0.5) is 0 Å². The fourth-order valence-electron chi connectivity index (χ4n) is 3.66. The largest absolute Gasteiger partial charge is 0.355 e. The van der Waals surface area contributed by atoms with E-state index < -0.39 is 0 Å². The van der Waals surface area contributed by atoms with Crippen LogP contribution >= 0.6 is 0 Å². The summed E-state index contributed by atoms with van der Waals surface area (Å²) >= 11 is 0. The van der Waals surface area contributed by atoms with Crippen LogP contribution in [0.2, 0.25) is 0 Å². The van der Waals surface area contributed by atoms with Crippen LogP contribution < -0.4 is 10.6 Å². The van der Waals surface area contributed by atoms with Crippen molar-refractivity contribution in [1.29, 1.82) is 0 Å². The molecule has 6 nitrogen and oxygen atoms in total. The van der Waals surface area contributed by atoms with Crippen LogP contribution in [0.25, 0.3) is 21.8 Å². The molecule has 0 radical (unpaired) electrons. The zero-order chi connectivity index (χ0) is 23.3. The third kappa shape index (κ3) is 6.13. The summed E-state index contributed by atoms with van der Waals surface area (Å²) in [5.41, 5.74) is 3.30. The molecule has 0 unspecified atom stereocenters. The van der Waals surface area contributed by atoms with Gasteiger partial charge in [-0.1, -0.05) is 50.2 Å². The number of nitrogens with zero attached hydrogens (tertiary/aromatic N) is 2. The molecule has 0 atom stereocenters. The first kappa shape index (κ1) is 22.4. The maximum absolute atomic E-state index is 12.4. The van der Waals surface area contributed by atoms with Gasteiger partial charge in [-0.2, -0.15) is 0 Å². The second-order valence-electron chi connectivity index (χ2n) is 9.14. The molecule has 0 aliphatic carbocycles. The van der Waals surface area contributed by atoms with Crippen molar-refractivity contribution in [2.24, 2.45) is 5.41 Å². The molecule has 0 saturated carbocycles. The van der Waals surface area contributed by atoms with E-state index >= 15 is 0 Å². The summed E-state index contributed by atoms with van der Waals surface area (Å²) in [4.78, 5) is 33.7. The minimum absolute atomic E-state index is 0.0614. The highest BCUT2D eigenvalue weighted by Gasteiger charge is 2.20. The Morgan fingerprint density at radius 2 is 1.15 bits per heavy atom. The molecular weight excluding hydrogens is 412 g/mol. The average molecular weight is 441 g/mol. The van der Waals surface area contributed by atoms with Crippen molar-refractivity contribution < 1.29 is 9.59 Å². The molecule has 2 heterocycles. The van der Waals surface area contributed by atoms with Crippen molar-refractivity contribution in [1.82, 2.24) is 20.6 Å². The van der Waals surface area contributed by atoms with E-state index in [0.717, 1.165) is 32.9 Å². The van der Waals surface area contributed by atoms with Gasteiger partial charge in [-0.25, -0.2) is 0 Å². The van der Waals surface area contributed by atoms with Crippen molar-refractivity contribution in [3.8, 4) is 0 Å². The van der Waals surface area contributed by atoms with Gasteiger partial charge in [0.25, 0.3) is 0 Å². The molecule has 0 aliphatic rings. The summed E-state index contributed by atoms with van der Waals surface area (Å²) in [6.45, 7) is 4.96. The Balaban J connectivity index is 1.24. The van der Waals surface area contributed by atoms with Crippen molar-refractivity contribution in [3.05, 3.63) is 84.2 Å². The summed E-state index contributed by atoms with van der Waals surface area (Å²) < 4.78 is 0. The van der Waals surface area contributed by atoms with Gasteiger partial charge < -0.3 is 10.6 Å². The number of hydrogen-bond donors (Lipinski definition) is 2. The van der Waals surface area contributed by atoms with Gasteiger partial charge in [-0.05, 0) is 40.8 Å². The standard InChI is InChI=1S/C27H28N4O2/c1-27(2,17-30-25(32)13-19-11-21-7-3-5-9-23(21)28-15-19)18-31-26(33)14-20-12-22-8-4-6-10-24(22)29-16-20/h3-12,15-16H,13-14,17-18H2,1-2H3,(H,30,32)(H,31,33). The van der Waals surface area contributed by atoms with Gasteiger partial charge in [0.15, 0.2) is 0 Å². The van der Waals surface area contributed by atoms with Crippen LogP contribution in [-0.4, -0.2) is 34.9 Å². The van der Waals surface area contributed by atoms with Gasteiger partial charge in [0, 0.05) is 36.3 Å². The van der Waals surface area contributed by atoms with E-state index in [9.17, 15) is 9.59 Å². The van der Waals surface area contributed by atoms with Gasteiger partial charge in [0.2, 0.25) is 11.8 Å². The first-order valence-corrected chi connectivity index (χ1v) is 11.1. The Morgan fingerprint density at radius 3 is 1.61 bits per heavy atom. The van der Waals surface area contributed by atoms with Crippen LogP contribution in [0.3, 0.4) is 0 Å². The van der Waals surface area contributed by atoms with E-state index in [0.29, 0.717) is 13.1 Å². The topological polar surface area (TPSA) is 84.0 Å². The highest BCUT2D eigenvalue weighted by atomic mass is 16.2. The lowest BCUT2D eigenvalue weighted by Crippen LogP contribution is -2.42. The quantitative estimate of drug-likeness (QED) is 0.436. The minimum atomic E-state index is -0.283. The number of nitrogens with one attached hydrogen (secondary N) is 2. The molecule has 2 aromatic heterocycles. The van der Waals surface area contributed by atoms with E-state index in [2.05, 4.69) is 20.6 Å². The van der Waals surface area contributed by atoms with Gasteiger partial charge in [-0.3, -0.25) is 19.6 Å². The summed E-state index contributed by atoms with van der Waals surface area (Å²) in [6.07, 6.45) is 4.04. The average Bonchev–Trinajstić information content (AvgIpc) is 2.81. The number of pyridine rings is 2. The number of rotatable bonds is 8. The lowest BCUT2D eigenvalue weighted by atomic mass is 9.93. The van der Waals surface area contributed by atoms with E-state index in [4.69, 9.17) is 0 Å². The normalized spacial score (nSPS) is 11.5. The zero-order valence-electron chi connectivity index (χ0n) is 19.0. The van der Waals surface area contributed by atoms with E-state index in [1.807, 2.05) is 74.5 Å². The molecule has 4 aromatic rings. The van der Waals surface area contributed by atoms with Gasteiger partial charge in [0.05, 0.1) is 23.9 Å². The van der Waals surface area contributed by atoms with Crippen molar-refractivity contribution in [2.45, 2.75) is 26.7 Å². The highest BCUT2D eigenvalue weighted by molar-refractivity contribution is 5.83. The number of fused-ring (bicyclic) bond motifs is 2. The summed E-state index contributed by atoms with van der Waals surface area (Å²) in [5.74, 6) is -0.123. The molecule has 0 fully saturated rings. The zero-order valence-corrected chi connectivity index (χ0v) is 19.0. The van der Waals surface area contributed by atoms with Crippen molar-refractivity contribution >= 4 is 33.6 Å². The molecule has 2 N–H and O–H groups in total. The maximum atomic E-state index is 12.4. The number of benzene rings is 2. The van der Waals surface area contributed by atoms with Crippen molar-refractivity contribution in [2.75, 3.05) is 13.1 Å². The molecule has 0 saturated heterocycles. The summed E-state index contributed by atoms with van der Waals surface area (Å²) in [6, 6.07) is 19.7. The SMILES string of the molecule is CC(C)(CNC(=O)Cc1cnc2ccccc2c1)CNC(=O)Cc1cnc2ccccc2c1. The Labute approximate surface area is 193 Å². The summed E-state index contributed by atoms with van der Waals surface area (Å²) in [5, 5.41) is 8.01. The fraction of sp³-hybridized carbons (Fsp3) is 0.259. The Morgan fingerprint density at radius 1 is 0.727 bits per heavy atom. The third-order valence-electron chi connectivity index (χ3n) is 5.55. The maximum Gasteiger partial charge on any atom is 0.224 e. The third-order valence-corrected chi connectivity index (χ3v) is 5.55. The van der Waals surface area contributed by atoms with Crippen LogP contribution in [0.5, 0.6) is 0 Å². The number of carbonyl (C=O) groups is 2. The molecular formula is C27H28N4O2. The minimum Gasteiger partial charge on any atom is -0.355 e. The molecule has 0 spiro atoms. The lowest BCUT2D eigenvalue weighted by Gasteiger charge is -2.25. The van der Waals surface area contributed by atoms with Crippen LogP contribution in [0.15, 0.2) is 73.1 Å². The van der Waals surface area contributed by atoms with E-state index in [-0.39, 0.29) is 30.1 Å². The molecule has 2 aromatic carbocycles. The Hall–Kier alpha value is -3.80. The van der Waals surface area contributed by atoms with Crippen LogP contribution in [0, 0.1) is 5.41 Å². The fourth-order valence-corrected chi connectivity index (χ4v) is 3.66. The monoisotopic (exact) mass is 440 g/mol. The Kier molecular flexibility index (Phi) is 6.63. The first-order valence-electron chi connectivity index (χ1n) is 11.1.